The van der Waals surface area contributed by atoms with Crippen molar-refractivity contribution >= 4 is 0 Å². The molecule has 0 heterocycles. The van der Waals surface area contributed by atoms with E-state index >= 15 is 0 Å². The molecule has 0 spiro atoms. The quantitative estimate of drug-likeness (QED) is 0.308. The molecular formula is IrO6PtRuTi. The molecule has 0 fully saturated rings. The van der Waals surface area contributed by atoms with E-state index < -0.39 is 0 Å². The molecule has 0 bridgehead atoms. The van der Waals surface area contributed by atoms with Gasteiger partial charge in [-0.05, 0) is 0 Å². The number of hydrogen-bond acceptors (Lipinski definition) is 0. The van der Waals surface area contributed by atoms with E-state index in [9.17, 15) is 0 Å². The first-order valence-electron chi connectivity index (χ1n) is 0. The molecule has 67 valence electrons. The Morgan fingerprint density at radius 3 is 0.500 bits per heavy atom. The van der Waals surface area contributed by atoms with Crippen LogP contribution in [0.25, 0.3) is 0 Å². The summed E-state index contributed by atoms with van der Waals surface area (Å²) in [6.07, 6.45) is 0. The zero-order valence-electron chi connectivity index (χ0n) is 3.95. The van der Waals surface area contributed by atoms with Crippen molar-refractivity contribution in [3.05, 3.63) is 0 Å². The summed E-state index contributed by atoms with van der Waals surface area (Å²) in [4.78, 5) is 0. The Kier molecular flexibility index (Phi) is 5760. The average Bonchev–Trinajstić information content (AvgIpc) is 0. The largest absolute Gasteiger partial charge is 4.00 e. The van der Waals surface area contributed by atoms with E-state index in [1.165, 1.54) is 0 Å². The maximum atomic E-state index is 0. The molecule has 0 aromatic heterocycles. The number of rotatable bonds is 0. The Bertz CT molecular complexity index is 17.7. The fraction of sp³-hybridized carbons (Fsp3) is 0. The van der Waals surface area contributed by atoms with Crippen LogP contribution in [0.3, 0.4) is 0 Å². The molecule has 0 atom stereocenters. The molecule has 0 aromatic carbocycles. The van der Waals surface area contributed by atoms with E-state index in [-0.39, 0.29) is 115 Å². The van der Waals surface area contributed by atoms with Crippen molar-refractivity contribution in [1.29, 1.82) is 0 Å². The second-order valence-corrected chi connectivity index (χ2v) is 0. The van der Waals surface area contributed by atoms with Crippen molar-refractivity contribution < 1.29 is 115 Å². The molecule has 0 saturated heterocycles. The fourth-order valence-electron chi connectivity index (χ4n) is 0. The Morgan fingerprint density at radius 2 is 0.500 bits per heavy atom. The zero-order chi connectivity index (χ0) is 0. The zero-order valence-corrected chi connectivity index (χ0v) is 11.9. The average molecular weight is 632 g/mol. The SMILES string of the molecule is [Ir+3].[O-2].[O-2].[O-2].[O-2].[O-2].[O-2].[Pt+2].[Ru+3].[Ti+4]. The van der Waals surface area contributed by atoms with Crippen LogP contribution in [0.1, 0.15) is 0 Å². The van der Waals surface area contributed by atoms with Crippen LogP contribution < -0.4 is 0 Å². The van der Waals surface area contributed by atoms with Crippen LogP contribution in [0, 0.1) is 0 Å². The minimum atomic E-state index is 0. The Labute approximate surface area is 114 Å². The standard InChI is InChI=1S/Ir.6O.Pt.Ru.Ti/q+3;6*-2;+2;+3;+4. The molecule has 0 N–H and O–H groups in total. The van der Waals surface area contributed by atoms with E-state index in [1.807, 2.05) is 0 Å². The summed E-state index contributed by atoms with van der Waals surface area (Å²) in [6, 6.07) is 0. The molecule has 6 nitrogen and oxygen atoms in total. The normalized spacial score (nSPS) is 0. The van der Waals surface area contributed by atoms with Crippen molar-refractivity contribution in [1.82, 2.24) is 0 Å². The van der Waals surface area contributed by atoms with Crippen molar-refractivity contribution in [3.63, 3.8) is 0 Å². The van der Waals surface area contributed by atoms with E-state index in [0.29, 0.717) is 0 Å². The van der Waals surface area contributed by atoms with Gasteiger partial charge in [-0.15, -0.1) is 0 Å². The molecule has 0 unspecified atom stereocenters. The molecule has 0 saturated carbocycles. The van der Waals surface area contributed by atoms with Crippen molar-refractivity contribution in [2.24, 2.45) is 0 Å². The van der Waals surface area contributed by atoms with Gasteiger partial charge in [0.05, 0.1) is 0 Å². The van der Waals surface area contributed by atoms with Gasteiger partial charge in [0.25, 0.3) is 0 Å². The topological polar surface area (TPSA) is 171 Å². The summed E-state index contributed by atoms with van der Waals surface area (Å²) < 4.78 is 0. The van der Waals surface area contributed by atoms with Gasteiger partial charge in [-0.25, -0.2) is 0 Å². The Morgan fingerprint density at radius 1 is 0.500 bits per heavy atom. The van der Waals surface area contributed by atoms with Gasteiger partial charge < -0.3 is 32.9 Å². The first kappa shape index (κ1) is 274. The summed E-state index contributed by atoms with van der Waals surface area (Å²) >= 11 is 0. The van der Waals surface area contributed by atoms with Gasteiger partial charge in [0, 0.05) is 0 Å². The molecule has 10 heavy (non-hydrogen) atoms. The van der Waals surface area contributed by atoms with Gasteiger partial charge in [-0.3, -0.25) is 0 Å². The predicted octanol–water partition coefficient (Wildman–Crippen LogP) is -0.723. The first-order valence-corrected chi connectivity index (χ1v) is 0. The van der Waals surface area contributed by atoms with Gasteiger partial charge in [0.2, 0.25) is 0 Å². The van der Waals surface area contributed by atoms with Gasteiger partial charge in [0.1, 0.15) is 0 Å². The predicted molar refractivity (Wildman–Crippen MR) is 4.12 cm³/mol. The molecule has 0 aliphatic rings. The van der Waals surface area contributed by atoms with Crippen LogP contribution in [0.2, 0.25) is 0 Å². The molecule has 1 radical (unpaired) electrons. The molecule has 0 aliphatic heterocycles. The molecular weight excluding hydrogens is 632 g/mol. The maximum Gasteiger partial charge on any atom is 4.00 e. The third kappa shape index (κ3) is 157. The Hall–Kier alpha value is 2.44. The van der Waals surface area contributed by atoms with Crippen LogP contribution in [0.4, 0.5) is 0 Å². The smallest absolute Gasteiger partial charge is 2.00 e. The Balaban J connectivity index is 0. The van der Waals surface area contributed by atoms with Crippen LogP contribution in [-0.2, 0) is 115 Å². The summed E-state index contributed by atoms with van der Waals surface area (Å²) in [5.74, 6) is 0. The third-order valence-electron chi connectivity index (χ3n) is 0. The van der Waals surface area contributed by atoms with Crippen LogP contribution >= 0.6 is 0 Å². The van der Waals surface area contributed by atoms with Crippen molar-refractivity contribution in [2.45, 2.75) is 0 Å². The van der Waals surface area contributed by atoms with Crippen LogP contribution in [-0.4, -0.2) is 0 Å². The van der Waals surface area contributed by atoms with Crippen molar-refractivity contribution in [3.8, 4) is 0 Å². The summed E-state index contributed by atoms with van der Waals surface area (Å²) in [5, 5.41) is 0. The van der Waals surface area contributed by atoms with Gasteiger partial charge in [0.15, 0.2) is 0 Å². The second-order valence-electron chi connectivity index (χ2n) is 0. The van der Waals surface area contributed by atoms with Crippen LogP contribution in [0.15, 0.2) is 0 Å². The monoisotopic (exact) mass is 634 g/mol. The van der Waals surface area contributed by atoms with E-state index in [0.717, 1.165) is 0 Å². The first-order chi connectivity index (χ1) is 0. The van der Waals surface area contributed by atoms with Crippen molar-refractivity contribution in [2.75, 3.05) is 0 Å². The second kappa shape index (κ2) is 210. The molecule has 0 rings (SSSR count). The molecule has 0 amide bonds. The van der Waals surface area contributed by atoms with Gasteiger partial charge >= 0.3 is 82.4 Å². The van der Waals surface area contributed by atoms with Crippen LogP contribution in [0.5, 0.6) is 0 Å². The maximum absolute atomic E-state index is 0. The molecule has 10 heteroatoms. The summed E-state index contributed by atoms with van der Waals surface area (Å²) in [6.45, 7) is 0. The fourth-order valence-corrected chi connectivity index (χ4v) is 0. The summed E-state index contributed by atoms with van der Waals surface area (Å²) in [7, 11) is 0. The third-order valence-corrected chi connectivity index (χ3v) is 0. The molecule has 0 aliphatic carbocycles. The minimum Gasteiger partial charge on any atom is -2.00 e. The number of hydrogen-bond donors (Lipinski definition) is 0. The van der Waals surface area contributed by atoms with E-state index in [2.05, 4.69) is 0 Å². The van der Waals surface area contributed by atoms with Gasteiger partial charge in [-0.1, -0.05) is 0 Å². The van der Waals surface area contributed by atoms with Gasteiger partial charge in [-0.2, -0.15) is 0 Å². The minimum absolute atomic E-state index is 0. The summed E-state index contributed by atoms with van der Waals surface area (Å²) in [5.41, 5.74) is 0. The molecule has 0 aromatic rings. The van der Waals surface area contributed by atoms with E-state index in [4.69, 9.17) is 0 Å². The van der Waals surface area contributed by atoms with E-state index in [1.54, 1.807) is 0 Å².